The van der Waals surface area contributed by atoms with Gasteiger partial charge in [-0.15, -0.1) is 0 Å². The molecule has 0 unspecified atom stereocenters. The van der Waals surface area contributed by atoms with Gasteiger partial charge in [-0.25, -0.2) is 0 Å². The van der Waals surface area contributed by atoms with Crippen molar-refractivity contribution in [2.75, 3.05) is 19.7 Å². The molecule has 1 saturated heterocycles. The summed E-state index contributed by atoms with van der Waals surface area (Å²) in [7, 11) is 0. The van der Waals surface area contributed by atoms with Crippen molar-refractivity contribution in [2.45, 2.75) is 85.1 Å². The number of nitrogens with zero attached hydrogens (tertiary/aromatic N) is 1. The lowest BCUT2D eigenvalue weighted by molar-refractivity contribution is -0.143. The molecule has 178 valence electrons. The van der Waals surface area contributed by atoms with E-state index < -0.39 is 0 Å². The Morgan fingerprint density at radius 2 is 1.81 bits per heavy atom. The zero-order valence-corrected chi connectivity index (χ0v) is 20.5. The van der Waals surface area contributed by atoms with E-state index in [0.717, 1.165) is 57.1 Å². The number of carbonyl (C=O) groups is 2. The minimum absolute atomic E-state index is 0.00661. The van der Waals surface area contributed by atoms with Crippen LogP contribution in [0.1, 0.15) is 78.2 Å². The molecule has 1 aromatic rings. The average molecular weight is 443 g/mol. The van der Waals surface area contributed by atoms with Crippen LogP contribution in [-0.2, 0) is 16.0 Å². The predicted molar refractivity (Wildman–Crippen MR) is 129 cm³/mol. The number of hydrogen-bond donors (Lipinski definition) is 1. The highest BCUT2D eigenvalue weighted by Gasteiger charge is 2.42. The maximum Gasteiger partial charge on any atom is 0.226 e. The van der Waals surface area contributed by atoms with Crippen molar-refractivity contribution in [2.24, 2.45) is 17.3 Å². The van der Waals surface area contributed by atoms with Crippen LogP contribution in [0.3, 0.4) is 0 Å². The summed E-state index contributed by atoms with van der Waals surface area (Å²) >= 11 is 0. The van der Waals surface area contributed by atoms with Crippen LogP contribution in [0.4, 0.5) is 0 Å². The van der Waals surface area contributed by atoms with Crippen LogP contribution in [0.15, 0.2) is 24.3 Å². The third kappa shape index (κ3) is 6.26. The van der Waals surface area contributed by atoms with Crippen LogP contribution in [0.2, 0.25) is 0 Å². The zero-order valence-electron chi connectivity index (χ0n) is 20.5. The summed E-state index contributed by atoms with van der Waals surface area (Å²) in [4.78, 5) is 28.1. The fourth-order valence-corrected chi connectivity index (χ4v) is 5.18. The summed E-state index contributed by atoms with van der Waals surface area (Å²) in [5.74, 6) is 1.79. The number of amides is 2. The fourth-order valence-electron chi connectivity index (χ4n) is 5.18. The number of ether oxygens (including phenoxy) is 1. The van der Waals surface area contributed by atoms with Gasteiger partial charge in [-0.05, 0) is 56.1 Å². The second kappa shape index (κ2) is 11.2. The molecule has 5 heteroatoms. The highest BCUT2D eigenvalue weighted by Crippen LogP contribution is 2.38. The first kappa shape index (κ1) is 24.6. The molecule has 0 aromatic heterocycles. The molecule has 0 radical (unpaired) electrons. The zero-order chi connectivity index (χ0) is 23.1. The van der Waals surface area contributed by atoms with Crippen LogP contribution in [0, 0.1) is 17.3 Å². The summed E-state index contributed by atoms with van der Waals surface area (Å²) in [5.41, 5.74) is 0.890. The van der Waals surface area contributed by atoms with Gasteiger partial charge in [-0.2, -0.15) is 0 Å². The number of piperidine rings is 1. The molecule has 1 aromatic carbocycles. The van der Waals surface area contributed by atoms with E-state index in [2.05, 4.69) is 31.3 Å². The van der Waals surface area contributed by atoms with Gasteiger partial charge in [0.1, 0.15) is 12.4 Å². The van der Waals surface area contributed by atoms with E-state index in [-0.39, 0.29) is 29.2 Å². The summed E-state index contributed by atoms with van der Waals surface area (Å²) in [6.07, 6.45) is 7.57. The molecule has 32 heavy (non-hydrogen) atoms. The Balaban J connectivity index is 1.77. The van der Waals surface area contributed by atoms with Gasteiger partial charge >= 0.3 is 0 Å². The van der Waals surface area contributed by atoms with Gasteiger partial charge in [0.2, 0.25) is 11.8 Å². The number of carbonyl (C=O) groups excluding carboxylic acids is 2. The molecular formula is C27H42N2O3. The van der Waals surface area contributed by atoms with Crippen molar-refractivity contribution in [3.05, 3.63) is 29.8 Å². The molecule has 1 spiro atoms. The number of benzene rings is 1. The lowest BCUT2D eigenvalue weighted by Gasteiger charge is -2.42. The first-order valence-electron chi connectivity index (χ1n) is 12.6. The van der Waals surface area contributed by atoms with Gasteiger partial charge in [0.25, 0.3) is 0 Å². The van der Waals surface area contributed by atoms with E-state index in [1.807, 2.05) is 30.9 Å². The average Bonchev–Trinajstić information content (AvgIpc) is 2.77. The molecule has 2 aliphatic heterocycles. The van der Waals surface area contributed by atoms with E-state index in [1.165, 1.54) is 5.56 Å². The third-order valence-electron chi connectivity index (χ3n) is 7.11. The van der Waals surface area contributed by atoms with Gasteiger partial charge in [0.05, 0.1) is 11.5 Å². The lowest BCUT2D eigenvalue weighted by Crippen LogP contribution is -2.53. The molecule has 3 rings (SSSR count). The number of para-hydroxylation sites is 1. The highest BCUT2D eigenvalue weighted by atomic mass is 16.5. The summed E-state index contributed by atoms with van der Waals surface area (Å²) < 4.78 is 6.25. The third-order valence-corrected chi connectivity index (χ3v) is 7.11. The minimum Gasteiger partial charge on any atom is -0.491 e. The maximum absolute atomic E-state index is 13.7. The highest BCUT2D eigenvalue weighted by molar-refractivity contribution is 5.84. The molecule has 2 aliphatic rings. The van der Waals surface area contributed by atoms with Crippen LogP contribution >= 0.6 is 0 Å². The second-order valence-corrected chi connectivity index (χ2v) is 10.5. The fraction of sp³-hybridized carbons (Fsp3) is 0.704. The Hall–Kier alpha value is -2.04. The molecule has 0 saturated carbocycles. The van der Waals surface area contributed by atoms with E-state index in [9.17, 15) is 9.59 Å². The summed E-state index contributed by atoms with van der Waals surface area (Å²) in [5, 5.41) is 3.38. The van der Waals surface area contributed by atoms with Crippen molar-refractivity contribution in [3.8, 4) is 5.75 Å². The number of likely N-dealkylation sites (tertiary alicyclic amines) is 1. The molecule has 5 nitrogen and oxygen atoms in total. The largest absolute Gasteiger partial charge is 0.491 e. The quantitative estimate of drug-likeness (QED) is 0.718. The molecule has 1 fully saturated rings. The molecule has 0 aliphatic carbocycles. The van der Waals surface area contributed by atoms with Gasteiger partial charge < -0.3 is 15.0 Å². The predicted octanol–water partition coefficient (Wildman–Crippen LogP) is 4.98. The van der Waals surface area contributed by atoms with E-state index in [4.69, 9.17) is 4.74 Å². The number of nitrogens with one attached hydrogen (secondary N) is 1. The molecule has 0 bridgehead atoms. The van der Waals surface area contributed by atoms with Crippen LogP contribution < -0.4 is 10.1 Å². The Bertz CT molecular complexity index is 766. The Morgan fingerprint density at radius 3 is 2.50 bits per heavy atom. The van der Waals surface area contributed by atoms with Crippen molar-refractivity contribution < 1.29 is 14.3 Å². The van der Waals surface area contributed by atoms with Crippen LogP contribution in [-0.4, -0.2) is 42.5 Å². The van der Waals surface area contributed by atoms with E-state index in [0.29, 0.717) is 25.6 Å². The van der Waals surface area contributed by atoms with Crippen LogP contribution in [0.5, 0.6) is 5.75 Å². The van der Waals surface area contributed by atoms with Crippen molar-refractivity contribution in [1.82, 2.24) is 10.2 Å². The molecule has 2 heterocycles. The van der Waals surface area contributed by atoms with Crippen molar-refractivity contribution >= 4 is 11.8 Å². The normalized spacial score (nSPS) is 22.4. The second-order valence-electron chi connectivity index (χ2n) is 10.5. The summed E-state index contributed by atoms with van der Waals surface area (Å²) in [6, 6.07) is 8.30. The van der Waals surface area contributed by atoms with Gasteiger partial charge in [-0.1, -0.05) is 58.7 Å². The van der Waals surface area contributed by atoms with E-state index >= 15 is 0 Å². The molecule has 1 N–H and O–H groups in total. The van der Waals surface area contributed by atoms with Gasteiger partial charge in [-0.3, -0.25) is 9.59 Å². The number of aryl methyl sites for hydroxylation is 1. The number of hydrogen-bond acceptors (Lipinski definition) is 3. The lowest BCUT2D eigenvalue weighted by atomic mass is 9.73. The molecule has 2 amide bonds. The summed E-state index contributed by atoms with van der Waals surface area (Å²) in [6.45, 7) is 10.1. The van der Waals surface area contributed by atoms with Crippen LogP contribution in [0.25, 0.3) is 0 Å². The topological polar surface area (TPSA) is 58.6 Å². The Labute approximate surface area is 194 Å². The maximum atomic E-state index is 13.7. The van der Waals surface area contributed by atoms with Crippen molar-refractivity contribution in [1.29, 1.82) is 0 Å². The monoisotopic (exact) mass is 442 g/mol. The Morgan fingerprint density at radius 1 is 1.09 bits per heavy atom. The van der Waals surface area contributed by atoms with E-state index in [1.54, 1.807) is 0 Å². The first-order chi connectivity index (χ1) is 15.3. The number of fused-ring (bicyclic) bond motifs is 1. The smallest absolute Gasteiger partial charge is 0.226 e. The minimum atomic E-state index is -0.371. The van der Waals surface area contributed by atoms with Crippen molar-refractivity contribution in [3.63, 3.8) is 0 Å². The number of rotatable bonds is 3. The SMILES string of the molecule is CC(C)C[C@H]1COc2ccccc2CCCCCC2(CCN(C(=O)C(C)C)CC2)C(=O)N1. The standard InChI is InChI=1S/C27H42N2O3/c1-20(2)18-23-19-32-24-12-8-7-11-22(24)10-6-5-9-13-27(26(31)28-23)14-16-29(17-15-27)25(30)21(3)4/h7-8,11-12,20-21,23H,5-6,9-10,13-19H2,1-4H3,(H,28,31)/t23-/m0/s1. The first-order valence-corrected chi connectivity index (χ1v) is 12.6. The van der Waals surface area contributed by atoms with Gasteiger partial charge in [0.15, 0.2) is 0 Å². The Kier molecular flexibility index (Phi) is 8.61. The molecule has 1 atom stereocenters. The van der Waals surface area contributed by atoms with Gasteiger partial charge in [0, 0.05) is 19.0 Å². The molecular weight excluding hydrogens is 400 g/mol.